The number of pyridine rings is 1. The Balaban J connectivity index is 2.12. The van der Waals surface area contributed by atoms with E-state index in [0.717, 1.165) is 22.9 Å². The van der Waals surface area contributed by atoms with Gasteiger partial charge in [-0.1, -0.05) is 15.9 Å². The number of rotatable bonds is 1. The van der Waals surface area contributed by atoms with Gasteiger partial charge in [0.05, 0.1) is 5.56 Å². The number of fused-ring (bicyclic) bond motifs is 1. The van der Waals surface area contributed by atoms with Gasteiger partial charge in [-0.25, -0.2) is 0 Å². The van der Waals surface area contributed by atoms with Gasteiger partial charge in [-0.2, -0.15) is 0 Å². The molecule has 1 aliphatic rings. The number of hydrogen-bond acceptors (Lipinski definition) is 3. The topological polar surface area (TPSA) is 65.2 Å². The van der Waals surface area contributed by atoms with Gasteiger partial charge in [0.15, 0.2) is 0 Å². The zero-order valence-corrected chi connectivity index (χ0v) is 13.2. The molecule has 0 unspecified atom stereocenters. The van der Waals surface area contributed by atoms with Gasteiger partial charge in [0.1, 0.15) is 0 Å². The Hall–Kier alpha value is -1.66. The van der Waals surface area contributed by atoms with Crippen LogP contribution < -0.4 is 10.9 Å². The van der Waals surface area contributed by atoms with Crippen molar-refractivity contribution in [2.45, 2.75) is 13.0 Å². The third-order valence-electron chi connectivity index (χ3n) is 3.80. The zero-order chi connectivity index (χ0) is 15.0. The van der Waals surface area contributed by atoms with Gasteiger partial charge in [-0.3, -0.25) is 9.59 Å². The largest absolute Gasteiger partial charge is 0.333 e. The first-order valence-corrected chi connectivity index (χ1v) is 7.70. The lowest BCUT2D eigenvalue weighted by atomic mass is 10.1. The zero-order valence-electron chi connectivity index (χ0n) is 11.6. The molecular formula is C15H16BrN3O2. The molecule has 5 nitrogen and oxygen atoms in total. The fourth-order valence-electron chi connectivity index (χ4n) is 2.70. The van der Waals surface area contributed by atoms with Crippen LogP contribution in [0.3, 0.4) is 0 Å². The third-order valence-corrected chi connectivity index (χ3v) is 4.29. The minimum atomic E-state index is -0.254. The van der Waals surface area contributed by atoms with Crippen LogP contribution in [0.4, 0.5) is 0 Å². The third kappa shape index (κ3) is 2.73. The average molecular weight is 350 g/mol. The molecule has 2 N–H and O–H groups in total. The molecule has 1 aliphatic heterocycles. The van der Waals surface area contributed by atoms with Crippen LogP contribution in [-0.2, 0) is 0 Å². The van der Waals surface area contributed by atoms with Gasteiger partial charge < -0.3 is 15.2 Å². The van der Waals surface area contributed by atoms with E-state index in [1.807, 2.05) is 24.0 Å². The summed E-state index contributed by atoms with van der Waals surface area (Å²) >= 11 is 3.42. The van der Waals surface area contributed by atoms with Crippen LogP contribution in [0.2, 0.25) is 0 Å². The highest BCUT2D eigenvalue weighted by Gasteiger charge is 2.25. The van der Waals surface area contributed by atoms with Crippen molar-refractivity contribution < 1.29 is 4.79 Å². The Bertz CT molecular complexity index is 756. The summed E-state index contributed by atoms with van der Waals surface area (Å²) in [6.45, 7) is 4.22. The Morgan fingerprint density at radius 3 is 2.95 bits per heavy atom. The highest BCUT2D eigenvalue weighted by molar-refractivity contribution is 9.10. The summed E-state index contributed by atoms with van der Waals surface area (Å²) in [6.07, 6.45) is 0. The Kier molecular flexibility index (Phi) is 3.82. The summed E-state index contributed by atoms with van der Waals surface area (Å²) in [5.74, 6) is -0.0850. The highest BCUT2D eigenvalue weighted by atomic mass is 79.9. The van der Waals surface area contributed by atoms with E-state index in [-0.39, 0.29) is 17.5 Å². The average Bonchev–Trinajstić information content (AvgIpc) is 2.47. The molecule has 0 aliphatic carbocycles. The van der Waals surface area contributed by atoms with Crippen LogP contribution in [0.5, 0.6) is 0 Å². The van der Waals surface area contributed by atoms with E-state index in [0.29, 0.717) is 17.6 Å². The van der Waals surface area contributed by atoms with E-state index in [2.05, 4.69) is 26.2 Å². The number of piperazine rings is 1. The number of nitrogens with zero attached hydrogens (tertiary/aromatic N) is 1. The molecule has 0 saturated carbocycles. The molecule has 0 radical (unpaired) electrons. The molecule has 3 rings (SSSR count). The van der Waals surface area contributed by atoms with Gasteiger partial charge in [0.25, 0.3) is 5.91 Å². The molecule has 1 saturated heterocycles. The summed E-state index contributed by atoms with van der Waals surface area (Å²) < 4.78 is 0.879. The maximum atomic E-state index is 12.8. The number of amides is 1. The van der Waals surface area contributed by atoms with Crippen molar-refractivity contribution in [1.29, 1.82) is 0 Å². The SMILES string of the molecule is C[C@@H]1CNCCN1C(=O)c1cc(=O)[nH]c2ccc(Br)cc12. The lowest BCUT2D eigenvalue weighted by Crippen LogP contribution is -2.52. The van der Waals surface area contributed by atoms with Crippen LogP contribution in [0.15, 0.2) is 33.5 Å². The molecule has 1 amide bonds. The lowest BCUT2D eigenvalue weighted by Gasteiger charge is -2.34. The monoisotopic (exact) mass is 349 g/mol. The first kappa shape index (κ1) is 14.3. The maximum absolute atomic E-state index is 12.8. The highest BCUT2D eigenvalue weighted by Crippen LogP contribution is 2.22. The number of halogens is 1. The van der Waals surface area contributed by atoms with Crippen LogP contribution in [0.25, 0.3) is 10.9 Å². The fraction of sp³-hybridized carbons (Fsp3) is 0.333. The minimum Gasteiger partial charge on any atom is -0.333 e. The van der Waals surface area contributed by atoms with Crippen molar-refractivity contribution >= 4 is 32.7 Å². The number of benzene rings is 1. The second-order valence-electron chi connectivity index (χ2n) is 5.29. The second kappa shape index (κ2) is 5.61. The Morgan fingerprint density at radius 2 is 2.19 bits per heavy atom. The van der Waals surface area contributed by atoms with Gasteiger partial charge in [-0.05, 0) is 25.1 Å². The Morgan fingerprint density at radius 1 is 1.38 bits per heavy atom. The predicted molar refractivity (Wildman–Crippen MR) is 85.6 cm³/mol. The molecule has 6 heteroatoms. The smallest absolute Gasteiger partial charge is 0.255 e. The predicted octanol–water partition coefficient (Wildman–Crippen LogP) is 1.72. The quantitative estimate of drug-likeness (QED) is 0.823. The van der Waals surface area contributed by atoms with Crippen LogP contribution in [-0.4, -0.2) is 41.5 Å². The number of carbonyl (C=O) groups excluding carboxylic acids is 1. The van der Waals surface area contributed by atoms with Crippen molar-refractivity contribution in [1.82, 2.24) is 15.2 Å². The molecule has 1 aromatic carbocycles. The molecule has 0 bridgehead atoms. The van der Waals surface area contributed by atoms with Crippen LogP contribution >= 0.6 is 15.9 Å². The molecule has 1 atom stereocenters. The summed E-state index contributed by atoms with van der Waals surface area (Å²) in [6, 6.07) is 7.03. The lowest BCUT2D eigenvalue weighted by molar-refractivity contribution is 0.0657. The number of carbonyl (C=O) groups is 1. The van der Waals surface area contributed by atoms with Gasteiger partial charge in [0, 0.05) is 47.1 Å². The van der Waals surface area contributed by atoms with Gasteiger partial charge >= 0.3 is 0 Å². The molecule has 1 aromatic heterocycles. The number of H-pyrrole nitrogens is 1. The molecule has 2 heterocycles. The number of hydrogen-bond donors (Lipinski definition) is 2. The van der Waals surface area contributed by atoms with Gasteiger partial charge in [0.2, 0.25) is 5.56 Å². The first-order chi connectivity index (χ1) is 10.1. The summed E-state index contributed by atoms with van der Waals surface area (Å²) in [5.41, 5.74) is 0.886. The van der Waals surface area contributed by atoms with E-state index in [1.165, 1.54) is 6.07 Å². The molecular weight excluding hydrogens is 334 g/mol. The van der Waals surface area contributed by atoms with E-state index >= 15 is 0 Å². The summed E-state index contributed by atoms with van der Waals surface area (Å²) in [5, 5.41) is 4.02. The summed E-state index contributed by atoms with van der Waals surface area (Å²) in [4.78, 5) is 29.2. The van der Waals surface area contributed by atoms with Crippen molar-refractivity contribution in [2.75, 3.05) is 19.6 Å². The molecule has 0 spiro atoms. The molecule has 110 valence electrons. The molecule has 1 fully saturated rings. The standard InChI is InChI=1S/C15H16BrN3O2/c1-9-8-17-4-5-19(9)15(21)12-7-14(20)18-13-3-2-10(16)6-11(12)13/h2-3,6-7,9,17H,4-5,8H2,1H3,(H,18,20)/t9-/m1/s1. The number of aromatic nitrogens is 1. The molecule has 21 heavy (non-hydrogen) atoms. The Labute approximate surface area is 130 Å². The van der Waals surface area contributed by atoms with Crippen molar-refractivity contribution in [3.8, 4) is 0 Å². The van der Waals surface area contributed by atoms with Crippen LogP contribution in [0, 0.1) is 0 Å². The maximum Gasteiger partial charge on any atom is 0.255 e. The van der Waals surface area contributed by atoms with Crippen molar-refractivity contribution in [3.05, 3.63) is 44.7 Å². The fourth-order valence-corrected chi connectivity index (χ4v) is 3.06. The number of aromatic amines is 1. The molecule has 2 aromatic rings. The van der Waals surface area contributed by atoms with Crippen molar-refractivity contribution in [2.24, 2.45) is 0 Å². The van der Waals surface area contributed by atoms with Gasteiger partial charge in [-0.15, -0.1) is 0 Å². The first-order valence-electron chi connectivity index (χ1n) is 6.90. The normalized spacial score (nSPS) is 19.0. The number of nitrogens with one attached hydrogen (secondary N) is 2. The van der Waals surface area contributed by atoms with Crippen LogP contribution in [0.1, 0.15) is 17.3 Å². The minimum absolute atomic E-state index is 0.0850. The van der Waals surface area contributed by atoms with E-state index < -0.39 is 0 Å². The second-order valence-corrected chi connectivity index (χ2v) is 6.20. The van der Waals surface area contributed by atoms with E-state index in [1.54, 1.807) is 6.07 Å². The summed E-state index contributed by atoms with van der Waals surface area (Å²) in [7, 11) is 0. The van der Waals surface area contributed by atoms with E-state index in [4.69, 9.17) is 0 Å². The van der Waals surface area contributed by atoms with Crippen molar-refractivity contribution in [3.63, 3.8) is 0 Å². The van der Waals surface area contributed by atoms with E-state index in [9.17, 15) is 9.59 Å².